The van der Waals surface area contributed by atoms with Crippen molar-refractivity contribution < 1.29 is 0 Å². The SMILES string of the molecule is C=C(c1ccccc1)c1ccc(/C=C2/CCC(/C=C\c3ccccc3)C2)cc1. The molecule has 0 aromatic heterocycles. The molecule has 1 fully saturated rings. The maximum Gasteiger partial charge on any atom is -0.0183 e. The van der Waals surface area contributed by atoms with Gasteiger partial charge in [0.15, 0.2) is 0 Å². The lowest BCUT2D eigenvalue weighted by atomic mass is 9.98. The van der Waals surface area contributed by atoms with Crippen LogP contribution in [-0.4, -0.2) is 0 Å². The van der Waals surface area contributed by atoms with Crippen LogP contribution in [0.4, 0.5) is 0 Å². The highest BCUT2D eigenvalue weighted by molar-refractivity contribution is 5.78. The second kappa shape index (κ2) is 8.71. The van der Waals surface area contributed by atoms with E-state index in [2.05, 4.69) is 104 Å². The van der Waals surface area contributed by atoms with E-state index in [4.69, 9.17) is 0 Å². The fourth-order valence-corrected chi connectivity index (χ4v) is 3.84. The molecular formula is C28H26. The smallest absolute Gasteiger partial charge is 0.0183 e. The second-order valence-corrected chi connectivity index (χ2v) is 7.54. The van der Waals surface area contributed by atoms with Gasteiger partial charge in [-0.05, 0) is 53.0 Å². The molecule has 1 unspecified atom stereocenters. The molecule has 28 heavy (non-hydrogen) atoms. The zero-order chi connectivity index (χ0) is 19.2. The Morgan fingerprint density at radius 2 is 1.39 bits per heavy atom. The summed E-state index contributed by atoms with van der Waals surface area (Å²) in [5.41, 5.74) is 7.56. The fraction of sp³-hybridized carbons (Fsp3) is 0.143. The minimum Gasteiger partial charge on any atom is -0.0906 e. The molecule has 0 aliphatic heterocycles. The molecule has 0 heteroatoms. The Hall–Kier alpha value is -3.12. The molecule has 0 amide bonds. The number of rotatable bonds is 5. The number of allylic oxidation sites excluding steroid dienone is 2. The van der Waals surface area contributed by atoms with Gasteiger partial charge in [0.2, 0.25) is 0 Å². The molecule has 3 aromatic carbocycles. The van der Waals surface area contributed by atoms with Gasteiger partial charge < -0.3 is 0 Å². The average molecular weight is 363 g/mol. The maximum absolute atomic E-state index is 4.26. The summed E-state index contributed by atoms with van der Waals surface area (Å²) in [4.78, 5) is 0. The molecule has 0 radical (unpaired) electrons. The first-order valence-corrected chi connectivity index (χ1v) is 10.1. The van der Waals surface area contributed by atoms with Crippen molar-refractivity contribution in [1.82, 2.24) is 0 Å². The lowest BCUT2D eigenvalue weighted by Crippen LogP contribution is -1.87. The third-order valence-corrected chi connectivity index (χ3v) is 5.47. The standard InChI is InChI=1S/C28H26/c1-22(27-10-6-3-7-11-27)28-18-16-25(17-19-28)21-26-15-14-24(20-26)13-12-23-8-4-2-5-9-23/h2-13,16-19,21,24H,1,14-15,20H2/b13-12-,26-21-. The van der Waals surface area contributed by atoms with E-state index in [-0.39, 0.29) is 0 Å². The van der Waals surface area contributed by atoms with Crippen molar-refractivity contribution >= 4 is 17.7 Å². The van der Waals surface area contributed by atoms with Crippen molar-refractivity contribution in [2.45, 2.75) is 19.3 Å². The van der Waals surface area contributed by atoms with Crippen molar-refractivity contribution in [3.8, 4) is 0 Å². The molecule has 0 N–H and O–H groups in total. The van der Waals surface area contributed by atoms with Gasteiger partial charge in [-0.3, -0.25) is 0 Å². The highest BCUT2D eigenvalue weighted by Crippen LogP contribution is 2.33. The summed E-state index contributed by atoms with van der Waals surface area (Å²) in [6.07, 6.45) is 10.6. The first-order valence-electron chi connectivity index (χ1n) is 10.1. The molecule has 1 saturated carbocycles. The van der Waals surface area contributed by atoms with Crippen molar-refractivity contribution in [1.29, 1.82) is 0 Å². The van der Waals surface area contributed by atoms with E-state index in [0.29, 0.717) is 5.92 Å². The zero-order valence-corrected chi connectivity index (χ0v) is 16.2. The predicted molar refractivity (Wildman–Crippen MR) is 122 cm³/mol. The Bertz CT molecular complexity index is 973. The molecule has 1 aliphatic rings. The predicted octanol–water partition coefficient (Wildman–Crippen LogP) is 7.65. The lowest BCUT2D eigenvalue weighted by molar-refractivity contribution is 0.697. The summed E-state index contributed by atoms with van der Waals surface area (Å²) in [5.74, 6) is 0.656. The van der Waals surface area contributed by atoms with E-state index < -0.39 is 0 Å². The topological polar surface area (TPSA) is 0 Å². The molecule has 138 valence electrons. The number of benzene rings is 3. The van der Waals surface area contributed by atoms with Gasteiger partial charge in [-0.15, -0.1) is 0 Å². The van der Waals surface area contributed by atoms with Crippen molar-refractivity contribution in [3.63, 3.8) is 0 Å². The summed E-state index contributed by atoms with van der Waals surface area (Å²) in [6.45, 7) is 4.26. The highest BCUT2D eigenvalue weighted by atomic mass is 14.2. The number of hydrogen-bond donors (Lipinski definition) is 0. The van der Waals surface area contributed by atoms with Crippen LogP contribution in [0.25, 0.3) is 17.7 Å². The molecule has 0 spiro atoms. The van der Waals surface area contributed by atoms with Crippen LogP contribution in [-0.2, 0) is 0 Å². The van der Waals surface area contributed by atoms with Crippen LogP contribution < -0.4 is 0 Å². The molecule has 0 bridgehead atoms. The molecule has 0 saturated heterocycles. The molecule has 4 rings (SSSR count). The van der Waals surface area contributed by atoms with Gasteiger partial charge in [-0.25, -0.2) is 0 Å². The van der Waals surface area contributed by atoms with E-state index in [9.17, 15) is 0 Å². The Labute approximate surface area is 168 Å². The van der Waals surface area contributed by atoms with E-state index in [1.807, 2.05) is 6.07 Å². The Morgan fingerprint density at radius 3 is 2.11 bits per heavy atom. The second-order valence-electron chi connectivity index (χ2n) is 7.54. The Morgan fingerprint density at radius 1 is 0.750 bits per heavy atom. The third kappa shape index (κ3) is 4.58. The van der Waals surface area contributed by atoms with Gasteiger partial charge in [-0.1, -0.05) is 115 Å². The molecule has 1 aliphatic carbocycles. The van der Waals surface area contributed by atoms with Crippen molar-refractivity contribution in [2.75, 3.05) is 0 Å². The Balaban J connectivity index is 1.39. The maximum atomic E-state index is 4.26. The van der Waals surface area contributed by atoms with Gasteiger partial charge in [0.1, 0.15) is 0 Å². The first-order chi connectivity index (χ1) is 13.8. The van der Waals surface area contributed by atoms with Crippen LogP contribution in [0.2, 0.25) is 0 Å². The van der Waals surface area contributed by atoms with Crippen LogP contribution in [0.1, 0.15) is 41.5 Å². The van der Waals surface area contributed by atoms with Crippen molar-refractivity contribution in [3.05, 3.63) is 125 Å². The van der Waals surface area contributed by atoms with E-state index >= 15 is 0 Å². The molecule has 3 aromatic rings. The molecule has 0 nitrogen and oxygen atoms in total. The Kier molecular flexibility index (Phi) is 5.68. The molecule has 1 atom stereocenters. The van der Waals surface area contributed by atoms with Crippen LogP contribution >= 0.6 is 0 Å². The normalized spacial score (nSPS) is 18.0. The minimum atomic E-state index is 0.656. The average Bonchev–Trinajstić information content (AvgIpc) is 3.21. The largest absolute Gasteiger partial charge is 0.0906 e. The van der Waals surface area contributed by atoms with Gasteiger partial charge >= 0.3 is 0 Å². The van der Waals surface area contributed by atoms with Gasteiger partial charge in [0, 0.05) is 0 Å². The van der Waals surface area contributed by atoms with Gasteiger partial charge in [0.05, 0.1) is 0 Å². The number of hydrogen-bond acceptors (Lipinski definition) is 0. The van der Waals surface area contributed by atoms with Gasteiger partial charge in [0.25, 0.3) is 0 Å². The van der Waals surface area contributed by atoms with Crippen molar-refractivity contribution in [2.24, 2.45) is 5.92 Å². The first kappa shape index (κ1) is 18.3. The van der Waals surface area contributed by atoms with Crippen LogP contribution in [0.3, 0.4) is 0 Å². The summed E-state index contributed by atoms with van der Waals surface area (Å²) in [7, 11) is 0. The van der Waals surface area contributed by atoms with E-state index in [0.717, 1.165) is 5.57 Å². The summed E-state index contributed by atoms with van der Waals surface area (Å²) in [6, 6.07) is 29.7. The summed E-state index contributed by atoms with van der Waals surface area (Å²) >= 11 is 0. The summed E-state index contributed by atoms with van der Waals surface area (Å²) in [5, 5.41) is 0. The zero-order valence-electron chi connectivity index (χ0n) is 16.2. The van der Waals surface area contributed by atoms with E-state index in [1.165, 1.54) is 41.5 Å². The van der Waals surface area contributed by atoms with Crippen LogP contribution in [0.5, 0.6) is 0 Å². The summed E-state index contributed by atoms with van der Waals surface area (Å²) < 4.78 is 0. The van der Waals surface area contributed by atoms with E-state index in [1.54, 1.807) is 5.57 Å². The lowest BCUT2D eigenvalue weighted by Gasteiger charge is -2.07. The fourth-order valence-electron chi connectivity index (χ4n) is 3.84. The monoisotopic (exact) mass is 362 g/mol. The van der Waals surface area contributed by atoms with Gasteiger partial charge in [-0.2, -0.15) is 0 Å². The molecular weight excluding hydrogens is 336 g/mol. The third-order valence-electron chi connectivity index (χ3n) is 5.47. The quantitative estimate of drug-likeness (QED) is 0.437. The highest BCUT2D eigenvalue weighted by Gasteiger charge is 2.16. The minimum absolute atomic E-state index is 0.656. The molecule has 0 heterocycles. The van der Waals surface area contributed by atoms with Crippen LogP contribution in [0.15, 0.2) is 103 Å². The van der Waals surface area contributed by atoms with Crippen LogP contribution in [0, 0.1) is 5.92 Å².